The molecule has 0 bridgehead atoms. The lowest BCUT2D eigenvalue weighted by atomic mass is 9.89. The Morgan fingerprint density at radius 2 is 2.00 bits per heavy atom. The number of rotatable bonds is 8. The van der Waals surface area contributed by atoms with E-state index in [1.165, 1.54) is 18.2 Å². The van der Waals surface area contributed by atoms with Gasteiger partial charge in [0.2, 0.25) is 6.10 Å². The molecule has 0 aliphatic carbocycles. The number of nitro groups is 1. The van der Waals surface area contributed by atoms with Crippen molar-refractivity contribution in [3.63, 3.8) is 0 Å². The zero-order valence-corrected chi connectivity index (χ0v) is 17.4. The van der Waals surface area contributed by atoms with Gasteiger partial charge >= 0.3 is 0 Å². The van der Waals surface area contributed by atoms with Gasteiger partial charge in [-0.15, -0.1) is 0 Å². The molecule has 2 saturated heterocycles. The van der Waals surface area contributed by atoms with Crippen LogP contribution in [-0.4, -0.2) is 55.3 Å². The number of amides is 1. The minimum Gasteiger partial charge on any atom is -0.497 e. The number of methoxy groups -OCH3 is 2. The quantitative estimate of drug-likeness (QED) is 0.362. The number of hydrogen-bond acceptors (Lipinski definition) is 7. The van der Waals surface area contributed by atoms with Crippen LogP contribution in [0, 0.1) is 10.1 Å². The highest BCUT2D eigenvalue weighted by Gasteiger charge is 2.52. The summed E-state index contributed by atoms with van der Waals surface area (Å²) in [5.41, 5.74) is 0.676. The highest BCUT2D eigenvalue weighted by atomic mass is 16.6. The first-order valence-corrected chi connectivity index (χ1v) is 10.1. The Balaban J connectivity index is 1.64. The van der Waals surface area contributed by atoms with Crippen LogP contribution in [0.3, 0.4) is 0 Å². The average molecular weight is 428 g/mol. The van der Waals surface area contributed by atoms with Crippen molar-refractivity contribution < 1.29 is 28.7 Å². The molecular formula is C22H24N2O7. The molecule has 3 atom stereocenters. The van der Waals surface area contributed by atoms with Gasteiger partial charge in [0.15, 0.2) is 0 Å². The van der Waals surface area contributed by atoms with E-state index in [9.17, 15) is 14.9 Å². The first-order valence-electron chi connectivity index (χ1n) is 10.1. The molecular weight excluding hydrogens is 404 g/mol. The van der Waals surface area contributed by atoms with Crippen molar-refractivity contribution in [3.8, 4) is 17.2 Å². The fourth-order valence-electron chi connectivity index (χ4n) is 4.05. The lowest BCUT2D eigenvalue weighted by Crippen LogP contribution is -2.62. The second kappa shape index (κ2) is 8.81. The topological polar surface area (TPSA) is 100 Å². The first kappa shape index (κ1) is 20.9. The van der Waals surface area contributed by atoms with E-state index in [1.807, 2.05) is 6.07 Å². The third kappa shape index (κ3) is 4.13. The maximum absolute atomic E-state index is 13.0. The van der Waals surface area contributed by atoms with Gasteiger partial charge in [-0.2, -0.15) is 0 Å². The van der Waals surface area contributed by atoms with Gasteiger partial charge in [0.1, 0.15) is 23.3 Å². The van der Waals surface area contributed by atoms with Crippen molar-refractivity contribution in [2.24, 2.45) is 0 Å². The van der Waals surface area contributed by atoms with Gasteiger partial charge in [0.25, 0.3) is 11.6 Å². The molecule has 9 nitrogen and oxygen atoms in total. The molecule has 2 aliphatic heterocycles. The molecule has 0 spiro atoms. The number of benzene rings is 2. The van der Waals surface area contributed by atoms with Crippen molar-refractivity contribution >= 4 is 11.6 Å². The predicted octanol–water partition coefficient (Wildman–Crippen LogP) is 3.12. The molecule has 31 heavy (non-hydrogen) atoms. The standard InChI is InChI=1S/C22H24N2O7/c1-28-15-8-9-18(19(12-15)29-2)20-21(22(25)23(20)13-17-7-4-10-30-17)31-16-6-3-5-14(11-16)24(26)27/h3,5-6,8-9,11-12,17,20-21H,4,7,10,13H2,1-2H3. The van der Waals surface area contributed by atoms with Crippen molar-refractivity contribution in [3.05, 3.63) is 58.1 Å². The summed E-state index contributed by atoms with van der Waals surface area (Å²) in [4.78, 5) is 25.3. The van der Waals surface area contributed by atoms with Crippen molar-refractivity contribution in [1.82, 2.24) is 4.90 Å². The highest BCUT2D eigenvalue weighted by molar-refractivity contribution is 5.89. The molecule has 164 valence electrons. The molecule has 0 N–H and O–H groups in total. The zero-order valence-electron chi connectivity index (χ0n) is 17.4. The van der Waals surface area contributed by atoms with Crippen LogP contribution < -0.4 is 14.2 Å². The van der Waals surface area contributed by atoms with Gasteiger partial charge < -0.3 is 23.8 Å². The van der Waals surface area contributed by atoms with Crippen molar-refractivity contribution in [1.29, 1.82) is 0 Å². The molecule has 2 aromatic rings. The van der Waals surface area contributed by atoms with Crippen LogP contribution in [0.25, 0.3) is 0 Å². The van der Waals surface area contributed by atoms with Crippen molar-refractivity contribution in [2.45, 2.75) is 31.1 Å². The molecule has 3 unspecified atom stereocenters. The lowest BCUT2D eigenvalue weighted by molar-refractivity contribution is -0.385. The Morgan fingerprint density at radius 1 is 1.16 bits per heavy atom. The maximum atomic E-state index is 13.0. The molecule has 0 saturated carbocycles. The number of likely N-dealkylation sites (tertiary alicyclic amines) is 1. The summed E-state index contributed by atoms with van der Waals surface area (Å²) < 4.78 is 22.5. The highest BCUT2D eigenvalue weighted by Crippen LogP contribution is 2.43. The minimum absolute atomic E-state index is 0.0190. The summed E-state index contributed by atoms with van der Waals surface area (Å²) in [6.45, 7) is 1.14. The maximum Gasteiger partial charge on any atom is 0.273 e. The van der Waals surface area contributed by atoms with E-state index in [-0.39, 0.29) is 23.4 Å². The average Bonchev–Trinajstić information content (AvgIpc) is 3.31. The molecule has 4 rings (SSSR count). The molecule has 0 aromatic heterocycles. The van der Waals surface area contributed by atoms with Crippen LogP contribution >= 0.6 is 0 Å². The first-order chi connectivity index (χ1) is 15.0. The monoisotopic (exact) mass is 428 g/mol. The smallest absolute Gasteiger partial charge is 0.273 e. The van der Waals surface area contributed by atoms with E-state index in [4.69, 9.17) is 18.9 Å². The number of β-lactam (4-membered cyclic amide) rings is 1. The lowest BCUT2D eigenvalue weighted by Gasteiger charge is -2.47. The fourth-order valence-corrected chi connectivity index (χ4v) is 4.05. The van der Waals surface area contributed by atoms with Crippen LogP contribution in [-0.2, 0) is 9.53 Å². The van der Waals surface area contributed by atoms with E-state index < -0.39 is 17.1 Å². The van der Waals surface area contributed by atoms with Crippen LogP contribution in [0.4, 0.5) is 5.69 Å². The van der Waals surface area contributed by atoms with E-state index in [0.29, 0.717) is 24.7 Å². The predicted molar refractivity (Wildman–Crippen MR) is 110 cm³/mol. The van der Waals surface area contributed by atoms with Crippen LogP contribution in [0.15, 0.2) is 42.5 Å². The normalized spacial score (nSPS) is 22.7. The molecule has 1 amide bonds. The Bertz CT molecular complexity index is 974. The third-order valence-corrected chi connectivity index (χ3v) is 5.62. The number of non-ortho nitro benzene ring substituents is 1. The van der Waals surface area contributed by atoms with Gasteiger partial charge in [-0.25, -0.2) is 0 Å². The van der Waals surface area contributed by atoms with Gasteiger partial charge in [-0.3, -0.25) is 14.9 Å². The fraction of sp³-hybridized carbons (Fsp3) is 0.409. The molecule has 9 heteroatoms. The van der Waals surface area contributed by atoms with E-state index in [2.05, 4.69) is 0 Å². The summed E-state index contributed by atoms with van der Waals surface area (Å²) in [7, 11) is 3.12. The Morgan fingerprint density at radius 3 is 2.68 bits per heavy atom. The van der Waals surface area contributed by atoms with Crippen LogP contribution in [0.1, 0.15) is 24.4 Å². The number of nitrogens with zero attached hydrogens (tertiary/aromatic N) is 2. The second-order valence-corrected chi connectivity index (χ2v) is 7.47. The molecule has 2 fully saturated rings. The van der Waals surface area contributed by atoms with Crippen LogP contribution in [0.2, 0.25) is 0 Å². The number of ether oxygens (including phenoxy) is 4. The van der Waals surface area contributed by atoms with Gasteiger partial charge in [0.05, 0.1) is 31.3 Å². The summed E-state index contributed by atoms with van der Waals surface area (Å²) in [5, 5.41) is 11.1. The third-order valence-electron chi connectivity index (χ3n) is 5.62. The Labute approximate surface area is 179 Å². The number of hydrogen-bond donors (Lipinski definition) is 0. The molecule has 2 aliphatic rings. The summed E-state index contributed by atoms with van der Waals surface area (Å²) in [6, 6.07) is 10.8. The number of carbonyl (C=O) groups excluding carboxylic acids is 1. The van der Waals surface area contributed by atoms with E-state index in [1.54, 1.807) is 37.3 Å². The second-order valence-electron chi connectivity index (χ2n) is 7.47. The zero-order chi connectivity index (χ0) is 22.0. The molecule has 2 aromatic carbocycles. The van der Waals surface area contributed by atoms with Crippen LogP contribution in [0.5, 0.6) is 17.2 Å². The minimum atomic E-state index is -0.828. The Hall–Kier alpha value is -3.33. The number of nitro benzene ring substituents is 1. The molecule has 2 heterocycles. The van der Waals surface area contributed by atoms with Gasteiger partial charge in [-0.05, 0) is 31.0 Å². The van der Waals surface area contributed by atoms with Gasteiger partial charge in [-0.1, -0.05) is 6.07 Å². The molecule has 0 radical (unpaired) electrons. The summed E-state index contributed by atoms with van der Waals surface area (Å²) in [5.74, 6) is 1.28. The van der Waals surface area contributed by atoms with Crippen molar-refractivity contribution in [2.75, 3.05) is 27.4 Å². The SMILES string of the molecule is COc1ccc(C2C(Oc3cccc([N+](=O)[O-])c3)C(=O)N2CC2CCCO2)c(OC)c1. The number of carbonyl (C=O) groups is 1. The Kier molecular flexibility index (Phi) is 5.94. The summed E-state index contributed by atoms with van der Waals surface area (Å²) in [6.07, 6.45) is 1.02. The van der Waals surface area contributed by atoms with E-state index >= 15 is 0 Å². The summed E-state index contributed by atoms with van der Waals surface area (Å²) >= 11 is 0. The van der Waals surface area contributed by atoms with E-state index in [0.717, 1.165) is 18.4 Å². The largest absolute Gasteiger partial charge is 0.497 e. The van der Waals surface area contributed by atoms with Gasteiger partial charge in [0, 0.05) is 30.8 Å².